The third kappa shape index (κ3) is 9.33. The van der Waals surface area contributed by atoms with Crippen LogP contribution in [0.5, 0.6) is 0 Å². The van der Waals surface area contributed by atoms with Crippen LogP contribution in [0.25, 0.3) is 0 Å². The van der Waals surface area contributed by atoms with Crippen molar-refractivity contribution >= 4 is 11.4 Å². The van der Waals surface area contributed by atoms with E-state index in [1.807, 2.05) is 12.3 Å². The number of pyridine rings is 1. The van der Waals surface area contributed by atoms with Crippen molar-refractivity contribution in [2.45, 2.75) is 106 Å². The van der Waals surface area contributed by atoms with Crippen LogP contribution in [0.1, 0.15) is 125 Å². The average molecular weight is 557 g/mol. The van der Waals surface area contributed by atoms with Gasteiger partial charge < -0.3 is 10.6 Å². The first-order valence-electron chi connectivity index (χ1n) is 15.9. The summed E-state index contributed by atoms with van der Waals surface area (Å²) in [4.78, 5) is 7.19. The Bertz CT molecular complexity index is 1170. The predicted octanol–water partition coefficient (Wildman–Crippen LogP) is 9.61. The standard InChI is InChI=1S/C37H56N4/c1-25(2)32-20-29(9)21-33(26(3)4)36(32)39-16-13-18-41(24-31-14-11-12-15-38-31)19-17-40-37-34(27(5)6)22-30(10)23-35(37)28(7)8/h11-12,14-15,20-23,25-28,39-40H,13,16-19,24H2,1-10H3. The van der Waals surface area contributed by atoms with E-state index in [-0.39, 0.29) is 0 Å². The monoisotopic (exact) mass is 556 g/mol. The van der Waals surface area contributed by atoms with Crippen molar-refractivity contribution in [1.29, 1.82) is 0 Å². The molecule has 0 spiro atoms. The highest BCUT2D eigenvalue weighted by molar-refractivity contribution is 5.62. The second kappa shape index (κ2) is 15.4. The third-order valence-electron chi connectivity index (χ3n) is 7.97. The van der Waals surface area contributed by atoms with E-state index < -0.39 is 0 Å². The van der Waals surface area contributed by atoms with Gasteiger partial charge >= 0.3 is 0 Å². The molecule has 0 bridgehead atoms. The van der Waals surface area contributed by atoms with Crippen molar-refractivity contribution in [3.8, 4) is 0 Å². The van der Waals surface area contributed by atoms with Gasteiger partial charge in [0.25, 0.3) is 0 Å². The van der Waals surface area contributed by atoms with Crippen LogP contribution < -0.4 is 10.6 Å². The van der Waals surface area contributed by atoms with Crippen molar-refractivity contribution in [3.63, 3.8) is 0 Å². The molecule has 0 saturated carbocycles. The van der Waals surface area contributed by atoms with Crippen molar-refractivity contribution in [2.75, 3.05) is 36.8 Å². The smallest absolute Gasteiger partial charge is 0.0543 e. The molecule has 41 heavy (non-hydrogen) atoms. The Labute approximate surface area is 251 Å². The maximum Gasteiger partial charge on any atom is 0.0543 e. The molecule has 3 rings (SSSR count). The Morgan fingerprint density at radius 3 is 1.51 bits per heavy atom. The maximum atomic E-state index is 4.64. The molecule has 1 aromatic heterocycles. The molecular formula is C37H56N4. The number of nitrogens with zero attached hydrogens (tertiary/aromatic N) is 2. The topological polar surface area (TPSA) is 40.2 Å². The Balaban J connectivity index is 1.71. The van der Waals surface area contributed by atoms with Gasteiger partial charge in [0.15, 0.2) is 0 Å². The third-order valence-corrected chi connectivity index (χ3v) is 7.97. The van der Waals surface area contributed by atoms with Crippen LogP contribution in [0.4, 0.5) is 11.4 Å². The molecular weight excluding hydrogens is 500 g/mol. The number of nitrogens with one attached hydrogen (secondary N) is 2. The quantitative estimate of drug-likeness (QED) is 0.183. The summed E-state index contributed by atoms with van der Waals surface area (Å²) < 4.78 is 0. The summed E-state index contributed by atoms with van der Waals surface area (Å²) in [5, 5.41) is 7.73. The molecule has 2 N–H and O–H groups in total. The summed E-state index contributed by atoms with van der Waals surface area (Å²) in [6.45, 7) is 27.6. The molecule has 0 aliphatic rings. The number of aryl methyl sites for hydroxylation is 2. The van der Waals surface area contributed by atoms with E-state index in [4.69, 9.17) is 0 Å². The normalized spacial score (nSPS) is 11.9. The minimum Gasteiger partial charge on any atom is -0.385 e. The fraction of sp³-hybridized carbons (Fsp3) is 0.541. The van der Waals surface area contributed by atoms with Gasteiger partial charge in [0.1, 0.15) is 0 Å². The second-order valence-corrected chi connectivity index (χ2v) is 13.1. The van der Waals surface area contributed by atoms with Gasteiger partial charge in [0.2, 0.25) is 0 Å². The molecule has 0 aliphatic carbocycles. The lowest BCUT2D eigenvalue weighted by atomic mass is 9.90. The Morgan fingerprint density at radius 1 is 0.634 bits per heavy atom. The lowest BCUT2D eigenvalue weighted by Crippen LogP contribution is -2.31. The number of aromatic nitrogens is 1. The zero-order valence-electron chi connectivity index (χ0n) is 27.6. The summed E-state index contributed by atoms with van der Waals surface area (Å²) in [6, 6.07) is 15.7. The maximum absolute atomic E-state index is 4.64. The summed E-state index contributed by atoms with van der Waals surface area (Å²) in [5.74, 6) is 1.96. The van der Waals surface area contributed by atoms with Crippen LogP contribution >= 0.6 is 0 Å². The minimum atomic E-state index is 0.485. The molecule has 0 aliphatic heterocycles. The molecule has 3 aromatic rings. The van der Waals surface area contributed by atoms with Crippen LogP contribution in [0, 0.1) is 13.8 Å². The summed E-state index contributed by atoms with van der Waals surface area (Å²) >= 11 is 0. The zero-order valence-corrected chi connectivity index (χ0v) is 27.6. The molecule has 2 aromatic carbocycles. The van der Waals surface area contributed by atoms with E-state index in [0.29, 0.717) is 23.7 Å². The summed E-state index contributed by atoms with van der Waals surface area (Å²) in [7, 11) is 0. The van der Waals surface area contributed by atoms with E-state index in [9.17, 15) is 0 Å². The number of anilines is 2. The lowest BCUT2D eigenvalue weighted by Gasteiger charge is -2.26. The van der Waals surface area contributed by atoms with E-state index in [0.717, 1.165) is 44.8 Å². The molecule has 0 fully saturated rings. The van der Waals surface area contributed by atoms with Crippen LogP contribution in [-0.2, 0) is 6.54 Å². The van der Waals surface area contributed by atoms with Gasteiger partial charge in [-0.3, -0.25) is 9.88 Å². The van der Waals surface area contributed by atoms with Crippen LogP contribution in [-0.4, -0.2) is 36.1 Å². The molecule has 0 amide bonds. The Kier molecular flexibility index (Phi) is 12.3. The number of hydrogen-bond acceptors (Lipinski definition) is 4. The van der Waals surface area contributed by atoms with Gasteiger partial charge in [-0.15, -0.1) is 0 Å². The van der Waals surface area contributed by atoms with Gasteiger partial charge in [0, 0.05) is 50.3 Å². The minimum absolute atomic E-state index is 0.485. The zero-order chi connectivity index (χ0) is 30.1. The molecule has 0 saturated heterocycles. The summed E-state index contributed by atoms with van der Waals surface area (Å²) in [5.41, 5.74) is 12.2. The summed E-state index contributed by atoms with van der Waals surface area (Å²) in [6.07, 6.45) is 2.98. The molecule has 4 heteroatoms. The van der Waals surface area contributed by atoms with Gasteiger partial charge in [-0.05, 0) is 78.3 Å². The predicted molar refractivity (Wildman–Crippen MR) is 180 cm³/mol. The molecule has 0 unspecified atom stereocenters. The number of rotatable bonds is 15. The van der Waals surface area contributed by atoms with Crippen LogP contribution in [0.3, 0.4) is 0 Å². The van der Waals surface area contributed by atoms with Gasteiger partial charge in [-0.2, -0.15) is 0 Å². The van der Waals surface area contributed by atoms with Gasteiger partial charge in [-0.25, -0.2) is 0 Å². The molecule has 0 atom stereocenters. The Morgan fingerprint density at radius 2 is 1.10 bits per heavy atom. The van der Waals surface area contributed by atoms with Crippen molar-refractivity contribution < 1.29 is 0 Å². The van der Waals surface area contributed by atoms with Crippen molar-refractivity contribution in [1.82, 2.24) is 9.88 Å². The first-order valence-corrected chi connectivity index (χ1v) is 15.9. The highest BCUT2D eigenvalue weighted by Crippen LogP contribution is 2.35. The largest absolute Gasteiger partial charge is 0.385 e. The first-order chi connectivity index (χ1) is 19.5. The molecule has 1 heterocycles. The van der Waals surface area contributed by atoms with Crippen molar-refractivity contribution in [2.24, 2.45) is 0 Å². The van der Waals surface area contributed by atoms with E-state index in [1.54, 1.807) is 0 Å². The van der Waals surface area contributed by atoms with Gasteiger partial charge in [-0.1, -0.05) is 96.8 Å². The second-order valence-electron chi connectivity index (χ2n) is 13.1. The average Bonchev–Trinajstić information content (AvgIpc) is 2.91. The fourth-order valence-corrected chi connectivity index (χ4v) is 5.76. The van der Waals surface area contributed by atoms with E-state index in [2.05, 4.69) is 126 Å². The van der Waals surface area contributed by atoms with Gasteiger partial charge in [0.05, 0.1) is 5.69 Å². The van der Waals surface area contributed by atoms with E-state index >= 15 is 0 Å². The SMILES string of the molecule is Cc1cc(C(C)C)c(NCCCN(CCNc2c(C(C)C)cc(C)cc2C(C)C)Cc2ccccn2)c(C(C)C)c1. The molecule has 224 valence electrons. The number of hydrogen-bond donors (Lipinski definition) is 2. The van der Waals surface area contributed by atoms with Crippen LogP contribution in [0.2, 0.25) is 0 Å². The van der Waals surface area contributed by atoms with E-state index in [1.165, 1.54) is 44.8 Å². The molecule has 0 radical (unpaired) electrons. The first kappa shape index (κ1) is 32.7. The number of benzene rings is 2. The Hall–Kier alpha value is -2.85. The van der Waals surface area contributed by atoms with Crippen LogP contribution in [0.15, 0.2) is 48.7 Å². The molecule has 4 nitrogen and oxygen atoms in total. The fourth-order valence-electron chi connectivity index (χ4n) is 5.76. The highest BCUT2D eigenvalue weighted by Gasteiger charge is 2.17. The lowest BCUT2D eigenvalue weighted by molar-refractivity contribution is 0.271. The van der Waals surface area contributed by atoms with Crippen molar-refractivity contribution in [3.05, 3.63) is 87.7 Å². The highest BCUT2D eigenvalue weighted by atomic mass is 15.1.